The van der Waals surface area contributed by atoms with Gasteiger partial charge in [-0.3, -0.25) is 0 Å². The fourth-order valence-corrected chi connectivity index (χ4v) is 0.858. The molecule has 0 amide bonds. The smallest absolute Gasteiger partial charge is 0.123 e. The summed E-state index contributed by atoms with van der Waals surface area (Å²) in [6.45, 7) is 6.29. The molecule has 0 unspecified atom stereocenters. The second-order valence-corrected chi connectivity index (χ2v) is 3.82. The van der Waals surface area contributed by atoms with Crippen LogP contribution in [0.5, 0.6) is 0 Å². The summed E-state index contributed by atoms with van der Waals surface area (Å²) in [5.41, 5.74) is 5.99. The molecule has 0 aromatic carbocycles. The van der Waals surface area contributed by atoms with Gasteiger partial charge >= 0.3 is 0 Å². The minimum Gasteiger partial charge on any atom is -0.347 e. The zero-order chi connectivity index (χ0) is 8.48. The largest absolute Gasteiger partial charge is 0.347 e. The van der Waals surface area contributed by atoms with Crippen LogP contribution in [0.2, 0.25) is 0 Å². The van der Waals surface area contributed by atoms with Gasteiger partial charge < -0.3 is 10.7 Å². The molecule has 0 fully saturated rings. The second kappa shape index (κ2) is 2.66. The monoisotopic (exact) mass is 153 g/mol. The summed E-state index contributed by atoms with van der Waals surface area (Å²) < 4.78 is 0. The predicted molar refractivity (Wildman–Crippen MR) is 45.0 cm³/mol. The Hall–Kier alpha value is -0.830. The van der Waals surface area contributed by atoms with Gasteiger partial charge in [-0.15, -0.1) is 0 Å². The first kappa shape index (κ1) is 8.27. The van der Waals surface area contributed by atoms with Crippen molar-refractivity contribution >= 4 is 0 Å². The molecule has 3 N–H and O–H groups in total. The first-order valence-corrected chi connectivity index (χ1v) is 3.76. The summed E-state index contributed by atoms with van der Waals surface area (Å²) in [4.78, 5) is 7.11. The summed E-state index contributed by atoms with van der Waals surface area (Å²) in [5.74, 6) is 0.859. The molecule has 3 heteroatoms. The van der Waals surface area contributed by atoms with Crippen molar-refractivity contribution in [3.63, 3.8) is 0 Å². The highest BCUT2D eigenvalue weighted by molar-refractivity contribution is 4.98. The van der Waals surface area contributed by atoms with Crippen LogP contribution in [0.15, 0.2) is 12.4 Å². The topological polar surface area (TPSA) is 54.7 Å². The average Bonchev–Trinajstić information content (AvgIpc) is 2.34. The minimum absolute atomic E-state index is 0.0162. The number of rotatable bonds is 1. The fourth-order valence-electron chi connectivity index (χ4n) is 0.858. The van der Waals surface area contributed by atoms with Crippen LogP contribution in [-0.2, 0) is 0 Å². The molecular formula is C8H15N3. The zero-order valence-corrected chi connectivity index (χ0v) is 7.26. The number of nitrogens with two attached hydrogens (primary N) is 1. The molecule has 0 spiro atoms. The number of aromatic amines is 1. The minimum atomic E-state index is -0.0162. The number of nitrogens with one attached hydrogen (secondary N) is 1. The van der Waals surface area contributed by atoms with Crippen LogP contribution in [0.4, 0.5) is 0 Å². The first-order chi connectivity index (χ1) is 5.02. The van der Waals surface area contributed by atoms with Gasteiger partial charge in [0, 0.05) is 12.4 Å². The van der Waals surface area contributed by atoms with E-state index >= 15 is 0 Å². The molecule has 11 heavy (non-hydrogen) atoms. The van der Waals surface area contributed by atoms with Crippen molar-refractivity contribution in [2.75, 3.05) is 0 Å². The maximum Gasteiger partial charge on any atom is 0.123 e. The molecule has 0 aliphatic rings. The van der Waals surface area contributed by atoms with Crippen molar-refractivity contribution in [3.05, 3.63) is 18.2 Å². The average molecular weight is 153 g/mol. The van der Waals surface area contributed by atoms with Gasteiger partial charge in [-0.2, -0.15) is 0 Å². The van der Waals surface area contributed by atoms with E-state index < -0.39 is 0 Å². The van der Waals surface area contributed by atoms with E-state index in [-0.39, 0.29) is 11.5 Å². The lowest BCUT2D eigenvalue weighted by Crippen LogP contribution is -2.27. The lowest BCUT2D eigenvalue weighted by atomic mass is 9.87. The highest BCUT2D eigenvalue weighted by Gasteiger charge is 2.23. The predicted octanol–water partition coefficient (Wildman–Crippen LogP) is 1.46. The lowest BCUT2D eigenvalue weighted by molar-refractivity contribution is 0.317. The molecule has 0 saturated carbocycles. The van der Waals surface area contributed by atoms with Gasteiger partial charge in [0.25, 0.3) is 0 Å². The quantitative estimate of drug-likeness (QED) is 0.641. The summed E-state index contributed by atoms with van der Waals surface area (Å²) in [7, 11) is 0. The lowest BCUT2D eigenvalue weighted by Gasteiger charge is -2.24. The molecule has 3 nitrogen and oxygen atoms in total. The molecule has 0 aliphatic carbocycles. The number of aromatic nitrogens is 2. The van der Waals surface area contributed by atoms with E-state index in [4.69, 9.17) is 5.73 Å². The standard InChI is InChI=1S/C8H15N3/c1-8(2,3)6(9)7-10-4-5-11-7/h4-6H,9H2,1-3H3,(H,10,11)/t6-/m1/s1. The van der Waals surface area contributed by atoms with Gasteiger partial charge in [-0.25, -0.2) is 4.98 Å². The Morgan fingerprint density at radius 1 is 1.55 bits per heavy atom. The van der Waals surface area contributed by atoms with Crippen molar-refractivity contribution in [1.82, 2.24) is 9.97 Å². The van der Waals surface area contributed by atoms with E-state index in [2.05, 4.69) is 30.7 Å². The van der Waals surface area contributed by atoms with Gasteiger partial charge in [-0.05, 0) is 5.41 Å². The van der Waals surface area contributed by atoms with Crippen molar-refractivity contribution < 1.29 is 0 Å². The molecule has 1 heterocycles. The molecule has 1 aromatic rings. The maximum atomic E-state index is 5.92. The molecule has 1 rings (SSSR count). The Kier molecular flexibility index (Phi) is 2.00. The molecule has 0 aliphatic heterocycles. The van der Waals surface area contributed by atoms with Crippen LogP contribution in [0, 0.1) is 5.41 Å². The summed E-state index contributed by atoms with van der Waals surface area (Å²) in [5, 5.41) is 0. The molecule has 0 radical (unpaired) electrons. The summed E-state index contributed by atoms with van der Waals surface area (Å²) >= 11 is 0. The Labute approximate surface area is 67.0 Å². The molecular weight excluding hydrogens is 138 g/mol. The maximum absolute atomic E-state index is 5.92. The van der Waals surface area contributed by atoms with Crippen LogP contribution in [0.3, 0.4) is 0 Å². The fraction of sp³-hybridized carbons (Fsp3) is 0.625. The normalized spacial score (nSPS) is 14.9. The molecule has 0 bridgehead atoms. The Morgan fingerprint density at radius 3 is 2.55 bits per heavy atom. The van der Waals surface area contributed by atoms with Crippen LogP contribution in [0.1, 0.15) is 32.6 Å². The zero-order valence-electron chi connectivity index (χ0n) is 7.26. The van der Waals surface area contributed by atoms with E-state index in [9.17, 15) is 0 Å². The van der Waals surface area contributed by atoms with Crippen LogP contribution >= 0.6 is 0 Å². The van der Waals surface area contributed by atoms with Crippen LogP contribution in [0.25, 0.3) is 0 Å². The second-order valence-electron chi connectivity index (χ2n) is 3.82. The van der Waals surface area contributed by atoms with Crippen molar-refractivity contribution in [1.29, 1.82) is 0 Å². The number of imidazole rings is 1. The van der Waals surface area contributed by atoms with E-state index in [0.29, 0.717) is 0 Å². The van der Waals surface area contributed by atoms with E-state index in [1.165, 1.54) is 0 Å². The summed E-state index contributed by atoms with van der Waals surface area (Å²) in [6, 6.07) is -0.0162. The van der Waals surface area contributed by atoms with Crippen molar-refractivity contribution in [2.24, 2.45) is 11.1 Å². The van der Waals surface area contributed by atoms with Crippen LogP contribution in [-0.4, -0.2) is 9.97 Å². The van der Waals surface area contributed by atoms with Crippen molar-refractivity contribution in [3.8, 4) is 0 Å². The molecule has 0 saturated heterocycles. The van der Waals surface area contributed by atoms with E-state index in [0.717, 1.165) is 5.82 Å². The first-order valence-electron chi connectivity index (χ1n) is 3.76. The molecule has 62 valence electrons. The Bertz CT molecular complexity index is 208. The highest BCUT2D eigenvalue weighted by atomic mass is 14.9. The van der Waals surface area contributed by atoms with E-state index in [1.807, 2.05) is 0 Å². The third-order valence-corrected chi connectivity index (χ3v) is 1.75. The van der Waals surface area contributed by atoms with Crippen LogP contribution < -0.4 is 5.73 Å². The SMILES string of the molecule is CC(C)(C)[C@H](N)c1ncc[nH]1. The number of hydrogen-bond acceptors (Lipinski definition) is 2. The van der Waals surface area contributed by atoms with Crippen molar-refractivity contribution in [2.45, 2.75) is 26.8 Å². The van der Waals surface area contributed by atoms with Gasteiger partial charge in [0.1, 0.15) is 5.82 Å². The van der Waals surface area contributed by atoms with Gasteiger partial charge in [0.2, 0.25) is 0 Å². The van der Waals surface area contributed by atoms with E-state index in [1.54, 1.807) is 12.4 Å². The molecule has 1 aromatic heterocycles. The summed E-state index contributed by atoms with van der Waals surface area (Å²) in [6.07, 6.45) is 3.52. The van der Waals surface area contributed by atoms with Gasteiger partial charge in [0.15, 0.2) is 0 Å². The highest BCUT2D eigenvalue weighted by Crippen LogP contribution is 2.27. The third-order valence-electron chi connectivity index (χ3n) is 1.75. The third kappa shape index (κ3) is 1.80. The molecule has 1 atom stereocenters. The van der Waals surface area contributed by atoms with Gasteiger partial charge in [0.05, 0.1) is 6.04 Å². The van der Waals surface area contributed by atoms with Gasteiger partial charge in [-0.1, -0.05) is 20.8 Å². The number of nitrogens with zero attached hydrogens (tertiary/aromatic N) is 1. The number of H-pyrrole nitrogens is 1. The number of hydrogen-bond donors (Lipinski definition) is 2. The Morgan fingerprint density at radius 2 is 2.18 bits per heavy atom. The Balaban J connectivity index is 2.78.